The molecule has 9 heteroatoms. The van der Waals surface area contributed by atoms with E-state index in [1.807, 2.05) is 0 Å². The van der Waals surface area contributed by atoms with Gasteiger partial charge in [-0.2, -0.15) is 0 Å². The van der Waals surface area contributed by atoms with Crippen LogP contribution in [0.4, 0.5) is 0 Å². The molecule has 8 nitrogen and oxygen atoms in total. The zero-order chi connectivity index (χ0) is 21.8. The number of guanidine groups is 1. The fourth-order valence-corrected chi connectivity index (χ4v) is 5.18. The predicted molar refractivity (Wildman–Crippen MR) is 140 cm³/mol. The van der Waals surface area contributed by atoms with Crippen LogP contribution in [0.3, 0.4) is 0 Å². The van der Waals surface area contributed by atoms with Gasteiger partial charge in [-0.25, -0.2) is 4.99 Å². The molecule has 2 fully saturated rings. The van der Waals surface area contributed by atoms with Gasteiger partial charge in [-0.3, -0.25) is 4.90 Å². The zero-order valence-electron chi connectivity index (χ0n) is 19.5. The van der Waals surface area contributed by atoms with Gasteiger partial charge in [-0.15, -0.1) is 34.2 Å². The number of halogens is 1. The Morgan fingerprint density at radius 3 is 2.85 bits per heavy atom. The Balaban J connectivity index is 0.00000259. The molecule has 2 saturated heterocycles. The van der Waals surface area contributed by atoms with E-state index in [4.69, 9.17) is 9.73 Å². The third-order valence-corrected chi connectivity index (χ3v) is 6.84. The molecule has 5 rings (SSSR count). The summed E-state index contributed by atoms with van der Waals surface area (Å²) in [5.41, 5.74) is 1.36. The largest absolute Gasteiger partial charge is 0.373 e. The minimum Gasteiger partial charge on any atom is -0.373 e. The van der Waals surface area contributed by atoms with Crippen molar-refractivity contribution in [3.8, 4) is 0 Å². The second-order valence-electron chi connectivity index (χ2n) is 9.00. The van der Waals surface area contributed by atoms with Crippen LogP contribution in [0.2, 0.25) is 0 Å². The lowest BCUT2D eigenvalue weighted by molar-refractivity contribution is -0.0502. The highest BCUT2D eigenvalue weighted by atomic mass is 127. The van der Waals surface area contributed by atoms with Crippen molar-refractivity contribution >= 4 is 29.9 Å². The van der Waals surface area contributed by atoms with Crippen LogP contribution >= 0.6 is 24.0 Å². The quantitative estimate of drug-likeness (QED) is 0.342. The maximum absolute atomic E-state index is 6.17. The predicted octanol–water partition coefficient (Wildman–Crippen LogP) is 2.67. The molecule has 4 heterocycles. The fraction of sp³-hybridized carbons (Fsp3) is 0.625. The number of rotatable bonds is 5. The first kappa shape index (κ1) is 24.4. The Bertz CT molecular complexity index is 919. The van der Waals surface area contributed by atoms with Gasteiger partial charge in [0.05, 0.1) is 18.8 Å². The van der Waals surface area contributed by atoms with Gasteiger partial charge in [0.2, 0.25) is 0 Å². The van der Waals surface area contributed by atoms with E-state index in [0.29, 0.717) is 12.6 Å². The smallest absolute Gasteiger partial charge is 0.194 e. The molecule has 2 aromatic rings. The molecule has 0 spiro atoms. The molecule has 0 amide bonds. The SMILES string of the molecule is CCNC(=NCc1nnc2n1CCCCC2)N1CC2OCCN(Cc3ccccc3)C2C1.I. The van der Waals surface area contributed by atoms with Gasteiger partial charge in [0.15, 0.2) is 11.8 Å². The van der Waals surface area contributed by atoms with Gasteiger partial charge in [-0.1, -0.05) is 36.8 Å². The molecule has 180 valence electrons. The molecule has 1 aromatic carbocycles. The van der Waals surface area contributed by atoms with Crippen molar-refractivity contribution in [2.24, 2.45) is 4.99 Å². The summed E-state index contributed by atoms with van der Waals surface area (Å²) in [6, 6.07) is 11.1. The lowest BCUT2D eigenvalue weighted by Gasteiger charge is -2.36. The van der Waals surface area contributed by atoms with Crippen LogP contribution in [0.25, 0.3) is 0 Å². The number of nitrogens with zero attached hydrogens (tertiary/aromatic N) is 6. The van der Waals surface area contributed by atoms with E-state index in [2.05, 4.69) is 67.1 Å². The number of hydrogen-bond donors (Lipinski definition) is 1. The molecule has 0 bridgehead atoms. The lowest BCUT2D eigenvalue weighted by Crippen LogP contribution is -2.50. The van der Waals surface area contributed by atoms with Crippen molar-refractivity contribution in [1.82, 2.24) is 29.9 Å². The normalized spacial score (nSPS) is 23.4. The summed E-state index contributed by atoms with van der Waals surface area (Å²) in [6.45, 7) is 9.09. The number of nitrogens with one attached hydrogen (secondary N) is 1. The van der Waals surface area contributed by atoms with Crippen LogP contribution in [-0.2, 0) is 30.8 Å². The number of likely N-dealkylation sites (tertiary alicyclic amines) is 1. The lowest BCUT2D eigenvalue weighted by atomic mass is 10.1. The van der Waals surface area contributed by atoms with Gasteiger partial charge >= 0.3 is 0 Å². The summed E-state index contributed by atoms with van der Waals surface area (Å²) < 4.78 is 8.46. The van der Waals surface area contributed by atoms with Crippen molar-refractivity contribution in [3.63, 3.8) is 0 Å². The van der Waals surface area contributed by atoms with E-state index in [-0.39, 0.29) is 30.1 Å². The second-order valence-corrected chi connectivity index (χ2v) is 9.00. The van der Waals surface area contributed by atoms with E-state index in [9.17, 15) is 0 Å². The fourth-order valence-electron chi connectivity index (χ4n) is 5.18. The third kappa shape index (κ3) is 5.68. The van der Waals surface area contributed by atoms with Crippen molar-refractivity contribution in [3.05, 3.63) is 47.5 Å². The molecule has 2 unspecified atom stereocenters. The molecule has 2 atom stereocenters. The second kappa shape index (κ2) is 11.6. The van der Waals surface area contributed by atoms with Crippen LogP contribution in [0, 0.1) is 0 Å². The monoisotopic (exact) mass is 565 g/mol. The minimum atomic E-state index is 0. The number of ether oxygens (including phenoxy) is 1. The van der Waals surface area contributed by atoms with E-state index in [1.165, 1.54) is 24.8 Å². The summed E-state index contributed by atoms with van der Waals surface area (Å²) in [4.78, 5) is 9.92. The zero-order valence-corrected chi connectivity index (χ0v) is 21.9. The number of hydrogen-bond acceptors (Lipinski definition) is 5. The molecule has 1 N–H and O–H groups in total. The van der Waals surface area contributed by atoms with Crippen molar-refractivity contribution in [2.45, 2.75) is 64.4 Å². The summed E-state index contributed by atoms with van der Waals surface area (Å²) in [5, 5.41) is 12.4. The first-order chi connectivity index (χ1) is 15.8. The number of morpholine rings is 1. The maximum atomic E-state index is 6.17. The molecule has 0 radical (unpaired) electrons. The summed E-state index contributed by atoms with van der Waals surface area (Å²) in [6.07, 6.45) is 4.93. The number of aryl methyl sites for hydroxylation is 1. The molecule has 1 aromatic heterocycles. The Morgan fingerprint density at radius 2 is 2.00 bits per heavy atom. The first-order valence-electron chi connectivity index (χ1n) is 12.2. The Labute approximate surface area is 213 Å². The van der Waals surface area contributed by atoms with E-state index < -0.39 is 0 Å². The van der Waals surface area contributed by atoms with Crippen LogP contribution in [0.15, 0.2) is 35.3 Å². The topological polar surface area (TPSA) is 70.8 Å². The highest BCUT2D eigenvalue weighted by molar-refractivity contribution is 14.0. The molecule has 3 aliphatic rings. The van der Waals surface area contributed by atoms with Crippen LogP contribution in [0.5, 0.6) is 0 Å². The van der Waals surface area contributed by atoms with E-state index >= 15 is 0 Å². The number of aromatic nitrogens is 3. The minimum absolute atomic E-state index is 0. The molecule has 0 aliphatic carbocycles. The van der Waals surface area contributed by atoms with Crippen LogP contribution in [0.1, 0.15) is 43.4 Å². The Morgan fingerprint density at radius 1 is 1.12 bits per heavy atom. The molecule has 33 heavy (non-hydrogen) atoms. The number of aliphatic imine (C=N–C) groups is 1. The molecular weight excluding hydrogens is 529 g/mol. The number of benzene rings is 1. The van der Waals surface area contributed by atoms with Crippen molar-refractivity contribution in [2.75, 3.05) is 32.8 Å². The van der Waals surface area contributed by atoms with Crippen LogP contribution < -0.4 is 5.32 Å². The Kier molecular flexibility index (Phi) is 8.59. The Hall–Kier alpha value is -1.72. The highest BCUT2D eigenvalue weighted by Crippen LogP contribution is 2.25. The average molecular weight is 566 g/mol. The number of fused-ring (bicyclic) bond motifs is 2. The van der Waals surface area contributed by atoms with Crippen molar-refractivity contribution < 1.29 is 4.74 Å². The highest BCUT2D eigenvalue weighted by Gasteiger charge is 2.41. The van der Waals surface area contributed by atoms with E-state index in [1.54, 1.807) is 0 Å². The van der Waals surface area contributed by atoms with Gasteiger partial charge < -0.3 is 19.5 Å². The molecule has 0 saturated carbocycles. The third-order valence-electron chi connectivity index (χ3n) is 6.84. The van der Waals surface area contributed by atoms with Gasteiger partial charge in [0.1, 0.15) is 12.4 Å². The van der Waals surface area contributed by atoms with Gasteiger partial charge in [-0.05, 0) is 25.3 Å². The first-order valence-corrected chi connectivity index (χ1v) is 12.2. The van der Waals surface area contributed by atoms with Crippen molar-refractivity contribution in [1.29, 1.82) is 0 Å². The van der Waals surface area contributed by atoms with E-state index in [0.717, 1.165) is 69.9 Å². The summed E-state index contributed by atoms with van der Waals surface area (Å²) in [5.74, 6) is 3.06. The molecule has 3 aliphatic heterocycles. The van der Waals surface area contributed by atoms with Gasteiger partial charge in [0.25, 0.3) is 0 Å². The maximum Gasteiger partial charge on any atom is 0.194 e. The standard InChI is InChI=1S/C24H35N7O.HI/c1-2-25-24(26-15-23-28-27-22-11-7-4-8-12-31(22)23)30-17-20-21(18-30)32-14-13-29(20)16-19-9-5-3-6-10-19;/h3,5-6,9-10,20-21H,2,4,7-8,11-18H2,1H3,(H,25,26);1H. The van der Waals surface area contributed by atoms with Gasteiger partial charge in [0, 0.05) is 45.7 Å². The summed E-state index contributed by atoms with van der Waals surface area (Å²) in [7, 11) is 0. The summed E-state index contributed by atoms with van der Waals surface area (Å²) >= 11 is 0. The van der Waals surface area contributed by atoms with Crippen LogP contribution in [-0.4, -0.2) is 75.5 Å². The average Bonchev–Trinajstić information content (AvgIpc) is 3.35. The molecular formula is C24H36IN7O.